The summed E-state index contributed by atoms with van der Waals surface area (Å²) in [5.41, 5.74) is 2.14. The second kappa shape index (κ2) is 4.94. The van der Waals surface area contributed by atoms with Gasteiger partial charge in [-0.3, -0.25) is 4.79 Å². The third kappa shape index (κ3) is 3.10. The highest BCUT2D eigenvalue weighted by atomic mass is 79.9. The van der Waals surface area contributed by atoms with E-state index in [1.165, 1.54) is 0 Å². The lowest BCUT2D eigenvalue weighted by atomic mass is 10.1. The Labute approximate surface area is 97.6 Å². The van der Waals surface area contributed by atoms with Crippen molar-refractivity contribution in [1.82, 2.24) is 0 Å². The van der Waals surface area contributed by atoms with Crippen LogP contribution in [0.5, 0.6) is 0 Å². The maximum Gasteiger partial charge on any atom is 0.143 e. The van der Waals surface area contributed by atoms with E-state index in [-0.39, 0.29) is 10.6 Å². The molecule has 76 valence electrons. The number of hydrogen-bond donors (Lipinski definition) is 0. The largest absolute Gasteiger partial charge is 0.299 e. The molecular formula is C11H12BrClO. The Kier molecular flexibility index (Phi) is 4.14. The van der Waals surface area contributed by atoms with E-state index in [1.807, 2.05) is 25.1 Å². The SMILES string of the molecule is CC(=O)C(Br)Cc1ccc(C)c(Cl)c1. The number of Topliss-reactive ketones (excluding diaryl/α,β-unsaturated/α-hetero) is 1. The molecule has 0 aliphatic heterocycles. The van der Waals surface area contributed by atoms with E-state index < -0.39 is 0 Å². The van der Waals surface area contributed by atoms with Crippen molar-refractivity contribution in [2.75, 3.05) is 0 Å². The highest BCUT2D eigenvalue weighted by molar-refractivity contribution is 9.10. The van der Waals surface area contributed by atoms with E-state index >= 15 is 0 Å². The Morgan fingerprint density at radius 1 is 1.57 bits per heavy atom. The molecule has 14 heavy (non-hydrogen) atoms. The van der Waals surface area contributed by atoms with Gasteiger partial charge in [0.1, 0.15) is 5.78 Å². The molecule has 0 heterocycles. The molecule has 0 aromatic heterocycles. The van der Waals surface area contributed by atoms with Crippen molar-refractivity contribution in [3.63, 3.8) is 0 Å². The van der Waals surface area contributed by atoms with Gasteiger partial charge in [-0.25, -0.2) is 0 Å². The molecule has 1 unspecified atom stereocenters. The average molecular weight is 276 g/mol. The molecule has 0 saturated carbocycles. The summed E-state index contributed by atoms with van der Waals surface area (Å²) in [6.45, 7) is 3.54. The zero-order valence-electron chi connectivity index (χ0n) is 8.18. The summed E-state index contributed by atoms with van der Waals surface area (Å²) >= 11 is 9.31. The third-order valence-electron chi connectivity index (χ3n) is 2.09. The van der Waals surface area contributed by atoms with Crippen molar-refractivity contribution in [2.24, 2.45) is 0 Å². The van der Waals surface area contributed by atoms with Crippen LogP contribution in [0, 0.1) is 6.92 Å². The summed E-state index contributed by atoms with van der Waals surface area (Å²) < 4.78 is 0. The van der Waals surface area contributed by atoms with Crippen LogP contribution in [-0.4, -0.2) is 10.6 Å². The first-order chi connectivity index (χ1) is 6.50. The average Bonchev–Trinajstić information content (AvgIpc) is 2.11. The Morgan fingerprint density at radius 3 is 2.71 bits per heavy atom. The monoisotopic (exact) mass is 274 g/mol. The van der Waals surface area contributed by atoms with E-state index in [9.17, 15) is 4.79 Å². The standard InChI is InChI=1S/C11H12BrClO/c1-7-3-4-9(6-11(7)13)5-10(12)8(2)14/h3-4,6,10H,5H2,1-2H3. The first kappa shape index (κ1) is 11.7. The Hall–Kier alpha value is -0.340. The van der Waals surface area contributed by atoms with Crippen LogP contribution < -0.4 is 0 Å². The van der Waals surface area contributed by atoms with Crippen molar-refractivity contribution in [2.45, 2.75) is 25.1 Å². The van der Waals surface area contributed by atoms with Crippen molar-refractivity contribution >= 4 is 33.3 Å². The van der Waals surface area contributed by atoms with Gasteiger partial charge in [-0.15, -0.1) is 0 Å². The van der Waals surface area contributed by atoms with Gasteiger partial charge in [0.2, 0.25) is 0 Å². The molecule has 0 aliphatic carbocycles. The molecule has 1 rings (SSSR count). The molecule has 1 aromatic rings. The Balaban J connectivity index is 2.78. The van der Waals surface area contributed by atoms with E-state index in [0.29, 0.717) is 6.42 Å². The molecule has 1 nitrogen and oxygen atoms in total. The minimum atomic E-state index is -0.110. The van der Waals surface area contributed by atoms with Crippen LogP contribution in [0.15, 0.2) is 18.2 Å². The molecule has 3 heteroatoms. The molecule has 0 spiro atoms. The number of hydrogen-bond acceptors (Lipinski definition) is 1. The van der Waals surface area contributed by atoms with Crippen molar-refractivity contribution in [3.8, 4) is 0 Å². The van der Waals surface area contributed by atoms with Crippen LogP contribution in [0.25, 0.3) is 0 Å². The minimum Gasteiger partial charge on any atom is -0.299 e. The minimum absolute atomic E-state index is 0.110. The highest BCUT2D eigenvalue weighted by Crippen LogP contribution is 2.19. The molecule has 0 aliphatic rings. The second-order valence-electron chi connectivity index (χ2n) is 3.37. The second-order valence-corrected chi connectivity index (χ2v) is 4.88. The highest BCUT2D eigenvalue weighted by Gasteiger charge is 2.10. The lowest BCUT2D eigenvalue weighted by molar-refractivity contribution is -0.116. The molecule has 1 aromatic carbocycles. The smallest absolute Gasteiger partial charge is 0.143 e. The van der Waals surface area contributed by atoms with Crippen molar-refractivity contribution < 1.29 is 4.79 Å². The van der Waals surface area contributed by atoms with E-state index in [2.05, 4.69) is 15.9 Å². The lowest BCUT2D eigenvalue weighted by Crippen LogP contribution is -2.12. The molecule has 0 amide bonds. The predicted molar refractivity (Wildman–Crippen MR) is 63.3 cm³/mol. The van der Waals surface area contributed by atoms with Crippen molar-refractivity contribution in [3.05, 3.63) is 34.3 Å². The molecule has 0 N–H and O–H groups in total. The molecule has 1 atom stereocenters. The van der Waals surface area contributed by atoms with Gasteiger partial charge in [0, 0.05) is 5.02 Å². The number of aryl methyl sites for hydroxylation is 1. The normalized spacial score (nSPS) is 12.6. The van der Waals surface area contributed by atoms with Crippen LogP contribution in [0.4, 0.5) is 0 Å². The maximum atomic E-state index is 11.0. The quantitative estimate of drug-likeness (QED) is 0.771. The summed E-state index contributed by atoms with van der Waals surface area (Å²) in [6.07, 6.45) is 0.690. The zero-order valence-corrected chi connectivity index (χ0v) is 10.5. The van der Waals surface area contributed by atoms with Crippen molar-refractivity contribution in [1.29, 1.82) is 0 Å². The van der Waals surface area contributed by atoms with Gasteiger partial charge in [-0.05, 0) is 37.5 Å². The fourth-order valence-electron chi connectivity index (χ4n) is 1.11. The van der Waals surface area contributed by atoms with Gasteiger partial charge < -0.3 is 0 Å². The van der Waals surface area contributed by atoms with Crippen LogP contribution in [0.1, 0.15) is 18.1 Å². The molecule has 0 radical (unpaired) electrons. The van der Waals surface area contributed by atoms with Gasteiger partial charge >= 0.3 is 0 Å². The number of carbonyl (C=O) groups excluding carboxylic acids is 1. The van der Waals surface area contributed by atoms with Gasteiger partial charge in [0.15, 0.2) is 0 Å². The number of carbonyl (C=O) groups is 1. The summed E-state index contributed by atoms with van der Waals surface area (Å²) in [4.78, 5) is 10.9. The fourth-order valence-corrected chi connectivity index (χ4v) is 1.69. The summed E-state index contributed by atoms with van der Waals surface area (Å²) in [5, 5.41) is 0.755. The Bertz CT molecular complexity index is 349. The number of halogens is 2. The molecule has 0 fully saturated rings. The van der Waals surface area contributed by atoms with E-state index in [0.717, 1.165) is 16.1 Å². The summed E-state index contributed by atoms with van der Waals surface area (Å²) in [5.74, 6) is 0.140. The van der Waals surface area contributed by atoms with Crippen LogP contribution in [-0.2, 0) is 11.2 Å². The zero-order chi connectivity index (χ0) is 10.7. The van der Waals surface area contributed by atoms with E-state index in [1.54, 1.807) is 6.92 Å². The lowest BCUT2D eigenvalue weighted by Gasteiger charge is -2.07. The Morgan fingerprint density at radius 2 is 2.21 bits per heavy atom. The molecule has 0 bridgehead atoms. The van der Waals surface area contributed by atoms with Crippen LogP contribution in [0.3, 0.4) is 0 Å². The van der Waals surface area contributed by atoms with Gasteiger partial charge in [0.25, 0.3) is 0 Å². The van der Waals surface area contributed by atoms with E-state index in [4.69, 9.17) is 11.6 Å². The predicted octanol–water partition coefficient (Wildman–Crippen LogP) is 3.54. The van der Waals surface area contributed by atoms with Crippen LogP contribution >= 0.6 is 27.5 Å². The van der Waals surface area contributed by atoms with Crippen LogP contribution in [0.2, 0.25) is 5.02 Å². The van der Waals surface area contributed by atoms with Gasteiger partial charge in [0.05, 0.1) is 4.83 Å². The number of ketones is 1. The topological polar surface area (TPSA) is 17.1 Å². The molecular weight excluding hydrogens is 263 g/mol. The van der Waals surface area contributed by atoms with Gasteiger partial charge in [-0.2, -0.15) is 0 Å². The maximum absolute atomic E-state index is 11.0. The fraction of sp³-hybridized carbons (Fsp3) is 0.364. The number of rotatable bonds is 3. The number of benzene rings is 1. The van der Waals surface area contributed by atoms with Gasteiger partial charge in [-0.1, -0.05) is 39.7 Å². The first-order valence-corrected chi connectivity index (χ1v) is 5.69. The summed E-state index contributed by atoms with van der Waals surface area (Å²) in [7, 11) is 0. The summed E-state index contributed by atoms with van der Waals surface area (Å²) in [6, 6.07) is 5.88. The third-order valence-corrected chi connectivity index (χ3v) is 3.47. The number of alkyl halides is 1. The first-order valence-electron chi connectivity index (χ1n) is 4.40. The molecule has 0 saturated heterocycles.